The Bertz CT molecular complexity index is 412. The van der Waals surface area contributed by atoms with Gasteiger partial charge in [0.15, 0.2) is 0 Å². The molecule has 1 unspecified atom stereocenters. The first-order valence-electron chi connectivity index (χ1n) is 5.78. The summed E-state index contributed by atoms with van der Waals surface area (Å²) in [5, 5.41) is 13.6. The van der Waals surface area contributed by atoms with Crippen molar-refractivity contribution in [2.24, 2.45) is 0 Å². The highest BCUT2D eigenvalue weighted by atomic mass is 32.2. The quantitative estimate of drug-likeness (QED) is 0.822. The lowest BCUT2D eigenvalue weighted by molar-refractivity contribution is -0.117. The third-order valence-electron chi connectivity index (χ3n) is 2.84. The van der Waals surface area contributed by atoms with E-state index in [1.54, 1.807) is 11.8 Å². The van der Waals surface area contributed by atoms with Crippen LogP contribution in [0.2, 0.25) is 0 Å². The van der Waals surface area contributed by atoms with Crippen LogP contribution in [0.3, 0.4) is 0 Å². The molecule has 2 aliphatic rings. The molecule has 92 valence electrons. The molecule has 2 N–H and O–H groups in total. The first kappa shape index (κ1) is 11.0. The third kappa shape index (κ3) is 2.61. The molecule has 17 heavy (non-hydrogen) atoms. The van der Waals surface area contributed by atoms with Crippen LogP contribution in [0.1, 0.15) is 24.7 Å². The molecule has 7 heteroatoms. The Labute approximate surface area is 103 Å². The largest absolute Gasteiger partial charge is 0.408 e. The number of anilines is 1. The molecule has 1 aliphatic heterocycles. The summed E-state index contributed by atoms with van der Waals surface area (Å²) in [6.45, 7) is 0.861. The molecule has 2 heterocycles. The summed E-state index contributed by atoms with van der Waals surface area (Å²) in [5.41, 5.74) is 0. The van der Waals surface area contributed by atoms with Crippen LogP contribution in [0.15, 0.2) is 4.42 Å². The smallest absolute Gasteiger partial charge is 0.322 e. The maximum absolute atomic E-state index is 11.8. The minimum Gasteiger partial charge on any atom is -0.408 e. The predicted molar refractivity (Wildman–Crippen MR) is 64.0 cm³/mol. The summed E-state index contributed by atoms with van der Waals surface area (Å²) in [6, 6.07) is 0.0549. The summed E-state index contributed by atoms with van der Waals surface area (Å²) in [6.07, 6.45) is 2.22. The molecule has 1 saturated carbocycles. The lowest BCUT2D eigenvalue weighted by Gasteiger charge is -2.21. The van der Waals surface area contributed by atoms with Crippen molar-refractivity contribution in [2.75, 3.05) is 23.4 Å². The molecule has 2 fully saturated rings. The monoisotopic (exact) mass is 254 g/mol. The summed E-state index contributed by atoms with van der Waals surface area (Å²) in [7, 11) is 0. The fourth-order valence-corrected chi connectivity index (χ4v) is 2.64. The van der Waals surface area contributed by atoms with Crippen LogP contribution < -0.4 is 10.6 Å². The van der Waals surface area contributed by atoms with Crippen LogP contribution in [0.25, 0.3) is 0 Å². The minimum absolute atomic E-state index is 0.0943. The van der Waals surface area contributed by atoms with Crippen molar-refractivity contribution in [3.8, 4) is 0 Å². The van der Waals surface area contributed by atoms with Crippen LogP contribution in [-0.2, 0) is 4.79 Å². The number of hydrogen-bond donors (Lipinski definition) is 2. The topological polar surface area (TPSA) is 80.1 Å². The van der Waals surface area contributed by atoms with E-state index in [-0.39, 0.29) is 18.0 Å². The minimum atomic E-state index is -0.162. The normalized spacial score (nSPS) is 24.6. The number of aromatic nitrogens is 2. The fraction of sp³-hybridized carbons (Fsp3) is 0.700. The van der Waals surface area contributed by atoms with Crippen molar-refractivity contribution >= 4 is 23.7 Å². The molecule has 1 saturated heterocycles. The van der Waals surface area contributed by atoms with Gasteiger partial charge in [0.2, 0.25) is 11.8 Å². The maximum Gasteiger partial charge on any atom is 0.322 e. The highest BCUT2D eigenvalue weighted by Gasteiger charge is 2.30. The second-order valence-corrected chi connectivity index (χ2v) is 5.44. The lowest BCUT2D eigenvalue weighted by atomic mass is 10.3. The first-order chi connectivity index (χ1) is 8.33. The van der Waals surface area contributed by atoms with Gasteiger partial charge in [-0.1, -0.05) is 5.10 Å². The number of nitrogens with zero attached hydrogens (tertiary/aromatic N) is 2. The summed E-state index contributed by atoms with van der Waals surface area (Å²) < 4.78 is 5.38. The summed E-state index contributed by atoms with van der Waals surface area (Å²) in [4.78, 5) is 11.8. The van der Waals surface area contributed by atoms with Gasteiger partial charge >= 0.3 is 6.01 Å². The maximum atomic E-state index is 11.8. The van der Waals surface area contributed by atoms with Gasteiger partial charge in [0.05, 0.1) is 6.04 Å². The molecule has 1 aromatic rings. The highest BCUT2D eigenvalue weighted by Crippen LogP contribution is 2.39. The van der Waals surface area contributed by atoms with Gasteiger partial charge in [0, 0.05) is 24.0 Å². The van der Waals surface area contributed by atoms with Gasteiger partial charge in [0.25, 0.3) is 0 Å². The number of nitrogens with one attached hydrogen (secondary N) is 2. The predicted octanol–water partition coefficient (Wildman–Crippen LogP) is 0.590. The second-order valence-electron chi connectivity index (χ2n) is 4.29. The van der Waals surface area contributed by atoms with Crippen LogP contribution in [0, 0.1) is 0 Å². The molecule has 0 bridgehead atoms. The van der Waals surface area contributed by atoms with Gasteiger partial charge in [-0.15, -0.1) is 5.10 Å². The van der Waals surface area contributed by atoms with Crippen molar-refractivity contribution in [1.82, 2.24) is 15.5 Å². The Morgan fingerprint density at radius 3 is 3.06 bits per heavy atom. The highest BCUT2D eigenvalue weighted by molar-refractivity contribution is 7.99. The molecular weight excluding hydrogens is 240 g/mol. The second kappa shape index (κ2) is 4.66. The number of hydrogen-bond acceptors (Lipinski definition) is 6. The van der Waals surface area contributed by atoms with E-state index in [0.29, 0.717) is 11.8 Å². The van der Waals surface area contributed by atoms with Crippen LogP contribution in [-0.4, -0.2) is 40.2 Å². The number of amides is 1. The third-order valence-corrected chi connectivity index (χ3v) is 3.90. The van der Waals surface area contributed by atoms with Crippen LogP contribution >= 0.6 is 11.8 Å². The van der Waals surface area contributed by atoms with Crippen molar-refractivity contribution in [2.45, 2.75) is 24.8 Å². The molecule has 0 aromatic carbocycles. The van der Waals surface area contributed by atoms with E-state index in [1.807, 2.05) is 0 Å². The number of rotatable bonds is 3. The van der Waals surface area contributed by atoms with E-state index in [2.05, 4.69) is 20.8 Å². The molecule has 1 aromatic heterocycles. The average Bonchev–Trinajstić information content (AvgIpc) is 3.12. The Morgan fingerprint density at radius 2 is 2.35 bits per heavy atom. The van der Waals surface area contributed by atoms with E-state index in [1.165, 1.54) is 0 Å². The van der Waals surface area contributed by atoms with E-state index >= 15 is 0 Å². The lowest BCUT2D eigenvalue weighted by Crippen LogP contribution is -2.46. The zero-order chi connectivity index (χ0) is 11.7. The van der Waals surface area contributed by atoms with Gasteiger partial charge in [0.1, 0.15) is 0 Å². The molecule has 0 spiro atoms. The first-order valence-corrected chi connectivity index (χ1v) is 6.94. The number of carbonyl (C=O) groups is 1. The van der Waals surface area contributed by atoms with E-state index < -0.39 is 0 Å². The number of carbonyl (C=O) groups excluding carboxylic acids is 1. The Kier molecular flexibility index (Phi) is 3.02. The van der Waals surface area contributed by atoms with Crippen LogP contribution in [0.5, 0.6) is 0 Å². The molecule has 1 atom stereocenters. The van der Waals surface area contributed by atoms with Gasteiger partial charge < -0.3 is 9.73 Å². The van der Waals surface area contributed by atoms with E-state index in [9.17, 15) is 4.79 Å². The van der Waals surface area contributed by atoms with Crippen molar-refractivity contribution in [1.29, 1.82) is 0 Å². The van der Waals surface area contributed by atoms with Gasteiger partial charge in [-0.2, -0.15) is 11.8 Å². The van der Waals surface area contributed by atoms with Crippen molar-refractivity contribution in [3.05, 3.63) is 5.89 Å². The SMILES string of the molecule is O=C(Nc1nnc(C2CC2)o1)C1CSCCN1. The van der Waals surface area contributed by atoms with Gasteiger partial charge in [-0.3, -0.25) is 10.1 Å². The molecular formula is C10H14N4O2S. The van der Waals surface area contributed by atoms with Gasteiger partial charge in [-0.25, -0.2) is 0 Å². The Morgan fingerprint density at radius 1 is 1.47 bits per heavy atom. The van der Waals surface area contributed by atoms with Crippen LogP contribution in [0.4, 0.5) is 6.01 Å². The van der Waals surface area contributed by atoms with Crippen molar-refractivity contribution in [3.63, 3.8) is 0 Å². The van der Waals surface area contributed by atoms with E-state index in [0.717, 1.165) is 30.9 Å². The molecule has 6 nitrogen and oxygen atoms in total. The molecule has 1 aliphatic carbocycles. The van der Waals surface area contributed by atoms with E-state index in [4.69, 9.17) is 4.42 Å². The molecule has 1 amide bonds. The van der Waals surface area contributed by atoms with Gasteiger partial charge in [-0.05, 0) is 12.8 Å². The Hall–Kier alpha value is -1.08. The summed E-state index contributed by atoms with van der Waals surface area (Å²) >= 11 is 1.77. The molecule has 3 rings (SSSR count). The Balaban J connectivity index is 1.58. The fourth-order valence-electron chi connectivity index (χ4n) is 1.71. The molecule has 0 radical (unpaired) electrons. The standard InChI is InChI=1S/C10H14N4O2S/c15-8(7-5-17-4-3-11-7)12-10-14-13-9(16-10)6-1-2-6/h6-7,11H,1-5H2,(H,12,14,15). The van der Waals surface area contributed by atoms with Crippen molar-refractivity contribution < 1.29 is 9.21 Å². The summed E-state index contributed by atoms with van der Waals surface area (Å²) in [5.74, 6) is 2.80. The zero-order valence-electron chi connectivity index (χ0n) is 9.31. The number of thioether (sulfide) groups is 1. The average molecular weight is 254 g/mol. The zero-order valence-corrected chi connectivity index (χ0v) is 10.1.